The van der Waals surface area contributed by atoms with Gasteiger partial charge in [-0.15, -0.1) is 13.2 Å². The van der Waals surface area contributed by atoms with E-state index in [4.69, 9.17) is 14.2 Å². The van der Waals surface area contributed by atoms with Crippen molar-refractivity contribution in [3.8, 4) is 23.0 Å². The number of carbonyl (C=O) groups excluding carboxylic acids is 2. The highest BCUT2D eigenvalue weighted by atomic mass is 32.2. The summed E-state index contributed by atoms with van der Waals surface area (Å²) in [7, 11) is 4.45. The molecule has 1 N–H and O–H groups in total. The molecule has 0 atom stereocenters. The fourth-order valence-electron chi connectivity index (χ4n) is 3.81. The van der Waals surface area contributed by atoms with Crippen LogP contribution in [0.2, 0.25) is 0 Å². The Morgan fingerprint density at radius 3 is 2.17 bits per heavy atom. The number of rotatable bonds is 9. The highest BCUT2D eigenvalue weighted by Gasteiger charge is 2.33. The van der Waals surface area contributed by atoms with Crippen molar-refractivity contribution in [1.29, 1.82) is 0 Å². The molecule has 13 heteroatoms. The number of benzene rings is 3. The number of amides is 2. The fraction of sp³-hybridized carbons (Fsp3) is 0.179. The van der Waals surface area contributed by atoms with Gasteiger partial charge in [0.25, 0.3) is 5.91 Å². The number of thioether (sulfide) groups is 1. The number of halogens is 3. The van der Waals surface area contributed by atoms with E-state index in [0.29, 0.717) is 28.5 Å². The van der Waals surface area contributed by atoms with E-state index in [1.165, 1.54) is 38.4 Å². The first kappa shape index (κ1) is 29.3. The van der Waals surface area contributed by atoms with E-state index in [1.54, 1.807) is 48.5 Å². The molecular formula is C28H24F3N3O6S. The van der Waals surface area contributed by atoms with Gasteiger partial charge in [-0.25, -0.2) is 4.99 Å². The maximum absolute atomic E-state index is 13.5. The van der Waals surface area contributed by atoms with Crippen LogP contribution in [0.1, 0.15) is 5.56 Å². The molecular weight excluding hydrogens is 563 g/mol. The number of amidine groups is 1. The van der Waals surface area contributed by atoms with Crippen molar-refractivity contribution in [2.24, 2.45) is 4.99 Å². The molecule has 0 saturated heterocycles. The van der Waals surface area contributed by atoms with E-state index in [-0.39, 0.29) is 22.3 Å². The van der Waals surface area contributed by atoms with Gasteiger partial charge in [-0.3, -0.25) is 14.5 Å². The molecule has 0 spiro atoms. The van der Waals surface area contributed by atoms with E-state index >= 15 is 0 Å². The Labute approximate surface area is 237 Å². The van der Waals surface area contributed by atoms with Crippen LogP contribution in [0.15, 0.2) is 77.4 Å². The number of para-hydroxylation sites is 1. The lowest BCUT2D eigenvalue weighted by molar-refractivity contribution is -0.274. The van der Waals surface area contributed by atoms with Gasteiger partial charge in [0.15, 0.2) is 16.7 Å². The third kappa shape index (κ3) is 7.31. The van der Waals surface area contributed by atoms with E-state index in [1.807, 2.05) is 0 Å². The van der Waals surface area contributed by atoms with E-state index in [2.05, 4.69) is 15.0 Å². The van der Waals surface area contributed by atoms with Gasteiger partial charge < -0.3 is 24.3 Å². The molecule has 214 valence electrons. The first-order valence-electron chi connectivity index (χ1n) is 11.9. The standard InChI is InChI=1S/C28H24F3N3O6S/c1-37-22-14-17(15-23(38-2)25(22)39-3)13-21-26(36)34(19-7-5-4-6-8-19)27(33-21)41-16-24(35)32-18-9-11-20(12-10-18)40-28(29,30)31/h4-15H,16H2,1-3H3,(H,32,35). The van der Waals surface area contributed by atoms with Crippen LogP contribution in [0.5, 0.6) is 23.0 Å². The Hall–Kier alpha value is -4.65. The van der Waals surface area contributed by atoms with Gasteiger partial charge in [0.05, 0.1) is 32.8 Å². The van der Waals surface area contributed by atoms with Crippen molar-refractivity contribution < 1.29 is 41.7 Å². The molecule has 1 aliphatic heterocycles. The predicted molar refractivity (Wildman–Crippen MR) is 150 cm³/mol. The predicted octanol–water partition coefficient (Wildman–Crippen LogP) is 5.73. The summed E-state index contributed by atoms with van der Waals surface area (Å²) in [5.41, 5.74) is 1.52. The number of hydrogen-bond donors (Lipinski definition) is 1. The molecule has 1 aliphatic rings. The van der Waals surface area contributed by atoms with Crippen molar-refractivity contribution in [2.75, 3.05) is 37.3 Å². The lowest BCUT2D eigenvalue weighted by Gasteiger charge is -2.17. The van der Waals surface area contributed by atoms with Crippen LogP contribution in [0.25, 0.3) is 6.08 Å². The van der Waals surface area contributed by atoms with Crippen molar-refractivity contribution in [2.45, 2.75) is 6.36 Å². The Morgan fingerprint density at radius 1 is 0.976 bits per heavy atom. The Morgan fingerprint density at radius 2 is 1.61 bits per heavy atom. The summed E-state index contributed by atoms with van der Waals surface area (Å²) in [6.07, 6.45) is -3.24. The molecule has 0 aromatic heterocycles. The minimum absolute atomic E-state index is 0.117. The quantitative estimate of drug-likeness (QED) is 0.320. The van der Waals surface area contributed by atoms with Crippen molar-refractivity contribution in [3.63, 3.8) is 0 Å². The number of methoxy groups -OCH3 is 3. The second-order valence-corrected chi connectivity index (χ2v) is 9.21. The summed E-state index contributed by atoms with van der Waals surface area (Å²) in [5.74, 6) is -0.205. The lowest BCUT2D eigenvalue weighted by Crippen LogP contribution is -2.31. The SMILES string of the molecule is COc1cc(C=C2N=C(SCC(=O)Nc3ccc(OC(F)(F)F)cc3)N(c3ccccc3)C2=O)cc(OC)c1OC. The molecule has 0 radical (unpaired) electrons. The van der Waals surface area contributed by atoms with Gasteiger partial charge in [-0.2, -0.15) is 0 Å². The van der Waals surface area contributed by atoms with Crippen LogP contribution in [0, 0.1) is 0 Å². The van der Waals surface area contributed by atoms with Gasteiger partial charge in [0, 0.05) is 5.69 Å². The molecule has 3 aromatic rings. The van der Waals surface area contributed by atoms with Crippen LogP contribution in [-0.4, -0.2) is 50.4 Å². The van der Waals surface area contributed by atoms with Crippen LogP contribution in [0.4, 0.5) is 24.5 Å². The molecule has 4 rings (SSSR count). The maximum atomic E-state index is 13.5. The van der Waals surface area contributed by atoms with Crippen LogP contribution >= 0.6 is 11.8 Å². The number of anilines is 2. The first-order valence-corrected chi connectivity index (χ1v) is 12.9. The number of nitrogens with one attached hydrogen (secondary N) is 1. The average molecular weight is 588 g/mol. The van der Waals surface area contributed by atoms with E-state index in [0.717, 1.165) is 23.9 Å². The second-order valence-electron chi connectivity index (χ2n) is 8.27. The summed E-state index contributed by atoms with van der Waals surface area (Å²) < 4.78 is 57.1. The third-order valence-electron chi connectivity index (χ3n) is 5.54. The van der Waals surface area contributed by atoms with Gasteiger partial charge in [-0.1, -0.05) is 30.0 Å². The summed E-state index contributed by atoms with van der Waals surface area (Å²) in [6.45, 7) is 0. The minimum atomic E-state index is -4.82. The zero-order valence-corrected chi connectivity index (χ0v) is 22.8. The molecule has 0 fully saturated rings. The minimum Gasteiger partial charge on any atom is -0.493 e. The van der Waals surface area contributed by atoms with E-state index in [9.17, 15) is 22.8 Å². The van der Waals surface area contributed by atoms with E-state index < -0.39 is 23.9 Å². The number of hydrogen-bond acceptors (Lipinski definition) is 8. The van der Waals surface area contributed by atoms with Crippen molar-refractivity contribution in [3.05, 3.63) is 78.0 Å². The molecule has 0 unspecified atom stereocenters. The second kappa shape index (κ2) is 12.7. The highest BCUT2D eigenvalue weighted by Crippen LogP contribution is 2.39. The summed E-state index contributed by atoms with van der Waals surface area (Å²) in [6, 6.07) is 16.9. The van der Waals surface area contributed by atoms with Gasteiger partial charge in [0.1, 0.15) is 11.4 Å². The molecule has 0 bridgehead atoms. The van der Waals surface area contributed by atoms with Gasteiger partial charge >= 0.3 is 6.36 Å². The van der Waals surface area contributed by atoms with Gasteiger partial charge in [-0.05, 0) is 60.2 Å². The average Bonchev–Trinajstić information content (AvgIpc) is 3.26. The zero-order valence-electron chi connectivity index (χ0n) is 22.0. The Bertz CT molecular complexity index is 1450. The fourth-order valence-corrected chi connectivity index (χ4v) is 4.62. The largest absolute Gasteiger partial charge is 0.573 e. The number of ether oxygens (including phenoxy) is 4. The molecule has 1 heterocycles. The Balaban J connectivity index is 1.55. The molecule has 9 nitrogen and oxygen atoms in total. The van der Waals surface area contributed by atoms with Crippen LogP contribution in [0.3, 0.4) is 0 Å². The van der Waals surface area contributed by atoms with Crippen LogP contribution < -0.4 is 29.2 Å². The molecule has 0 aliphatic carbocycles. The maximum Gasteiger partial charge on any atom is 0.573 e. The molecule has 3 aromatic carbocycles. The zero-order chi connectivity index (χ0) is 29.6. The van der Waals surface area contributed by atoms with Crippen molar-refractivity contribution in [1.82, 2.24) is 0 Å². The van der Waals surface area contributed by atoms with Crippen LogP contribution in [-0.2, 0) is 9.59 Å². The highest BCUT2D eigenvalue weighted by molar-refractivity contribution is 8.14. The van der Waals surface area contributed by atoms with Crippen molar-refractivity contribution >= 4 is 46.2 Å². The molecule has 2 amide bonds. The lowest BCUT2D eigenvalue weighted by atomic mass is 10.1. The topological polar surface area (TPSA) is 98.7 Å². The normalized spacial score (nSPS) is 14.1. The number of alkyl halides is 3. The number of aliphatic imine (C=N–C) groups is 1. The Kier molecular flexibility index (Phi) is 9.07. The summed E-state index contributed by atoms with van der Waals surface area (Å²) in [5, 5.41) is 2.87. The molecule has 41 heavy (non-hydrogen) atoms. The number of nitrogens with zero attached hydrogens (tertiary/aromatic N) is 2. The smallest absolute Gasteiger partial charge is 0.493 e. The third-order valence-corrected chi connectivity index (χ3v) is 6.48. The van der Waals surface area contributed by atoms with Gasteiger partial charge in [0.2, 0.25) is 11.7 Å². The molecule has 0 saturated carbocycles. The number of carbonyl (C=O) groups is 2. The monoisotopic (exact) mass is 587 g/mol. The first-order chi connectivity index (χ1) is 19.6. The summed E-state index contributed by atoms with van der Waals surface area (Å²) in [4.78, 5) is 32.0. The summed E-state index contributed by atoms with van der Waals surface area (Å²) >= 11 is 1.02.